The third kappa shape index (κ3) is 10.1. The Hall–Kier alpha value is -5.73. The zero-order chi connectivity index (χ0) is 39.5. The van der Waals surface area contributed by atoms with Gasteiger partial charge in [0.25, 0.3) is 11.8 Å². The Bertz CT molecular complexity index is 2180. The molecule has 3 amide bonds. The molecule has 2 aromatic carbocycles. The van der Waals surface area contributed by atoms with Gasteiger partial charge in [-0.25, -0.2) is 22.8 Å². The van der Waals surface area contributed by atoms with Gasteiger partial charge in [0.15, 0.2) is 23.1 Å². The van der Waals surface area contributed by atoms with Crippen LogP contribution >= 0.6 is 23.1 Å². The summed E-state index contributed by atoms with van der Waals surface area (Å²) in [5, 5.41) is 10.5. The van der Waals surface area contributed by atoms with Crippen molar-refractivity contribution in [3.63, 3.8) is 0 Å². The van der Waals surface area contributed by atoms with Gasteiger partial charge in [-0.3, -0.25) is 23.5 Å². The Balaban J connectivity index is 0.000000895. The van der Waals surface area contributed by atoms with Crippen molar-refractivity contribution in [2.24, 2.45) is 12.2 Å². The largest absolute Gasteiger partial charge is 0.726 e. The first-order valence-electron chi connectivity index (χ1n) is 16.2. The monoisotopic (exact) mass is 806 g/mol. The number of aryl methyl sites for hydroxylation is 1. The van der Waals surface area contributed by atoms with Crippen molar-refractivity contribution in [2.45, 2.75) is 24.1 Å². The minimum absolute atomic E-state index is 0.0554. The lowest BCUT2D eigenvalue weighted by Crippen LogP contribution is -2.71. The van der Waals surface area contributed by atoms with Crippen LogP contribution in [0.15, 0.2) is 120 Å². The number of pyridine rings is 1. The third-order valence-electron chi connectivity index (χ3n) is 8.03. The van der Waals surface area contributed by atoms with E-state index in [1.807, 2.05) is 96.7 Å². The third-order valence-corrected chi connectivity index (χ3v) is 10.5. The van der Waals surface area contributed by atoms with E-state index in [1.165, 1.54) is 16.7 Å². The SMILES string of the molecule is C=CC1=C(C(=O)OC(c2ccccc2)c2ccccc2)N2C(=O)C(NC(=O)C(=NOCc3cccc[n+]3C)c3csc(NC=O)n3)[C@H]2SC1.COS(=O)(=O)[O-]. The lowest BCUT2D eigenvalue weighted by Gasteiger charge is -2.49. The Labute approximate surface area is 324 Å². The number of hydrogen-bond acceptors (Lipinski definition) is 14. The first-order valence-corrected chi connectivity index (χ1v) is 19.4. The molecule has 6 rings (SSSR count). The lowest BCUT2D eigenvalue weighted by molar-refractivity contribution is -0.681. The molecule has 1 unspecified atom stereocenters. The standard InChI is InChI=1S/C35H30N6O6S2.CH4O4S/c1-3-22-19-48-33-28(32(44)41(33)29(22)34(45)47-30(23-12-6-4-7-13-23)24-14-8-5-9-15-24)38-31(43)27(26-20-49-35(37-26)36-21-42)39-46-18-25-16-10-11-17-40(25)2;1-5-6(2,3)4/h3-17,20-21,28,30,33H,1,18-19H2,2H3,(H-,36,37,38,42,43);1H3,(H,2,3,4)/t28?,33-;/m1./s1. The highest BCUT2D eigenvalue weighted by atomic mass is 32.3. The number of β-lactam (4-membered cyclic amide) rings is 1. The van der Waals surface area contributed by atoms with Crippen LogP contribution in [0.2, 0.25) is 0 Å². The average molecular weight is 807 g/mol. The number of rotatable bonds is 14. The van der Waals surface area contributed by atoms with Gasteiger partial charge in [0, 0.05) is 23.3 Å². The molecule has 1 fully saturated rings. The molecule has 0 bridgehead atoms. The fourth-order valence-corrected chi connectivity index (χ4v) is 7.32. The number of ether oxygens (including phenoxy) is 1. The van der Waals surface area contributed by atoms with Crippen LogP contribution in [0.25, 0.3) is 0 Å². The van der Waals surface area contributed by atoms with Crippen LogP contribution < -0.4 is 15.2 Å². The number of nitrogens with zero attached hydrogens (tertiary/aromatic N) is 4. The molecule has 2 N–H and O–H groups in total. The van der Waals surface area contributed by atoms with Crippen LogP contribution in [0.1, 0.15) is 28.6 Å². The van der Waals surface area contributed by atoms with E-state index in [1.54, 1.807) is 11.5 Å². The van der Waals surface area contributed by atoms with Crippen molar-refractivity contribution in [1.29, 1.82) is 0 Å². The maximum Gasteiger partial charge on any atom is 0.356 e. The predicted octanol–water partition coefficient (Wildman–Crippen LogP) is 2.72. The van der Waals surface area contributed by atoms with Crippen molar-refractivity contribution < 1.29 is 50.5 Å². The number of allylic oxidation sites excluding steroid dienone is 1. The summed E-state index contributed by atoms with van der Waals surface area (Å²) in [5.74, 6) is -1.53. The zero-order valence-corrected chi connectivity index (χ0v) is 31.7. The highest BCUT2D eigenvalue weighted by Crippen LogP contribution is 2.42. The van der Waals surface area contributed by atoms with Gasteiger partial charge in [-0.05, 0) is 22.8 Å². The van der Waals surface area contributed by atoms with E-state index >= 15 is 0 Å². The van der Waals surface area contributed by atoms with Gasteiger partial charge in [0.05, 0.1) is 7.11 Å². The Morgan fingerprint density at radius 2 is 1.75 bits per heavy atom. The normalized spacial score (nSPS) is 16.5. The molecule has 0 spiro atoms. The zero-order valence-electron chi connectivity index (χ0n) is 29.3. The van der Waals surface area contributed by atoms with Crippen molar-refractivity contribution in [3.8, 4) is 0 Å². The van der Waals surface area contributed by atoms with E-state index < -0.39 is 45.7 Å². The molecule has 286 valence electrons. The van der Waals surface area contributed by atoms with Crippen molar-refractivity contribution in [1.82, 2.24) is 15.2 Å². The second-order valence-corrected chi connectivity index (χ2v) is 14.5. The number of fused-ring (bicyclic) bond motifs is 1. The highest BCUT2D eigenvalue weighted by molar-refractivity contribution is 8.00. The maximum absolute atomic E-state index is 13.9. The van der Waals surface area contributed by atoms with Gasteiger partial charge >= 0.3 is 5.97 Å². The Morgan fingerprint density at radius 3 is 2.33 bits per heavy atom. The molecule has 0 radical (unpaired) electrons. The molecule has 2 aliphatic heterocycles. The summed E-state index contributed by atoms with van der Waals surface area (Å²) in [6.07, 6.45) is 3.15. The quantitative estimate of drug-likeness (QED) is 0.0276. The summed E-state index contributed by atoms with van der Waals surface area (Å²) in [6.45, 7) is 3.92. The van der Waals surface area contributed by atoms with E-state index in [2.05, 4.69) is 31.5 Å². The average Bonchev–Trinajstić information content (AvgIpc) is 3.66. The number of carbonyl (C=O) groups is 4. The fraction of sp³-hybridized carbons (Fsp3) is 0.194. The highest BCUT2D eigenvalue weighted by Gasteiger charge is 2.54. The number of esters is 1. The summed E-state index contributed by atoms with van der Waals surface area (Å²) in [5.41, 5.74) is 2.93. The molecule has 19 heteroatoms. The van der Waals surface area contributed by atoms with Crippen LogP contribution in [0, 0.1) is 0 Å². The molecule has 2 aliphatic rings. The summed E-state index contributed by atoms with van der Waals surface area (Å²) in [7, 11) is -1.75. The molecule has 0 aliphatic carbocycles. The van der Waals surface area contributed by atoms with Gasteiger partial charge < -0.3 is 24.8 Å². The van der Waals surface area contributed by atoms with Crippen molar-refractivity contribution in [3.05, 3.63) is 137 Å². The molecule has 2 atom stereocenters. The summed E-state index contributed by atoms with van der Waals surface area (Å²) in [6, 6.07) is 23.3. The van der Waals surface area contributed by atoms with Crippen LogP contribution in [0.5, 0.6) is 0 Å². The molecular formula is C36H34N6O10S3. The minimum Gasteiger partial charge on any atom is -0.726 e. The van der Waals surface area contributed by atoms with E-state index in [-0.39, 0.29) is 28.8 Å². The van der Waals surface area contributed by atoms with Crippen LogP contribution in [0.3, 0.4) is 0 Å². The number of thiazole rings is 1. The lowest BCUT2D eigenvalue weighted by atomic mass is 10.0. The van der Waals surface area contributed by atoms with E-state index in [0.717, 1.165) is 35.3 Å². The summed E-state index contributed by atoms with van der Waals surface area (Å²) < 4.78 is 39.0. The first-order chi connectivity index (χ1) is 26.4. The van der Waals surface area contributed by atoms with Crippen LogP contribution in [0.4, 0.5) is 5.13 Å². The fourth-order valence-electron chi connectivity index (χ4n) is 5.32. The molecule has 2 aromatic heterocycles. The number of carbonyl (C=O) groups excluding carboxylic acids is 4. The van der Waals surface area contributed by atoms with Crippen molar-refractivity contribution >= 4 is 68.5 Å². The molecule has 1 saturated heterocycles. The second-order valence-electron chi connectivity index (χ2n) is 11.4. The maximum atomic E-state index is 13.9. The summed E-state index contributed by atoms with van der Waals surface area (Å²) in [4.78, 5) is 63.4. The topological polar surface area (TPSA) is 210 Å². The number of thioether (sulfide) groups is 1. The number of benzene rings is 2. The number of aromatic nitrogens is 2. The number of hydrogen-bond donors (Lipinski definition) is 2. The predicted molar refractivity (Wildman–Crippen MR) is 201 cm³/mol. The number of nitrogens with one attached hydrogen (secondary N) is 2. The Morgan fingerprint density at radius 1 is 1.11 bits per heavy atom. The van der Waals surface area contributed by atoms with E-state index in [4.69, 9.17) is 9.57 Å². The summed E-state index contributed by atoms with van der Waals surface area (Å²) >= 11 is 2.48. The van der Waals surface area contributed by atoms with E-state index in [9.17, 15) is 32.1 Å². The molecule has 0 saturated carbocycles. The molecule has 4 aromatic rings. The van der Waals surface area contributed by atoms with E-state index in [0.29, 0.717) is 17.7 Å². The van der Waals surface area contributed by atoms with Gasteiger partial charge in [-0.15, -0.1) is 23.1 Å². The molecule has 4 heterocycles. The van der Waals surface area contributed by atoms with Crippen LogP contribution in [-0.4, -0.2) is 77.0 Å². The number of anilines is 1. The first kappa shape index (κ1) is 40.5. The van der Waals surface area contributed by atoms with Crippen molar-refractivity contribution in [2.75, 3.05) is 18.2 Å². The Kier molecular flexibility index (Phi) is 13.6. The van der Waals surface area contributed by atoms with Gasteiger partial charge in [-0.1, -0.05) is 78.5 Å². The second kappa shape index (κ2) is 18.5. The molecule has 55 heavy (non-hydrogen) atoms. The van der Waals surface area contributed by atoms with Gasteiger partial charge in [0.2, 0.25) is 29.1 Å². The van der Waals surface area contributed by atoms with Gasteiger partial charge in [0.1, 0.15) is 29.9 Å². The smallest absolute Gasteiger partial charge is 0.356 e. The molecule has 16 nitrogen and oxygen atoms in total. The van der Waals surface area contributed by atoms with Crippen LogP contribution in [-0.2, 0) is 57.0 Å². The minimum atomic E-state index is -4.41. The molecular weight excluding hydrogens is 773 g/mol. The number of amides is 3. The van der Waals surface area contributed by atoms with Gasteiger partial charge in [-0.2, -0.15) is 0 Å². The number of oxime groups is 1.